The van der Waals surface area contributed by atoms with Gasteiger partial charge in [0.05, 0.1) is 27.5 Å². The first-order valence-electron chi connectivity index (χ1n) is 13.7. The van der Waals surface area contributed by atoms with Gasteiger partial charge >= 0.3 is 0 Å². The van der Waals surface area contributed by atoms with Gasteiger partial charge in [0.2, 0.25) is 0 Å². The molecule has 0 heterocycles. The number of benzene rings is 3. The van der Waals surface area contributed by atoms with Crippen molar-refractivity contribution in [2.24, 2.45) is 10.1 Å². The molecule has 1 saturated carbocycles. The summed E-state index contributed by atoms with van der Waals surface area (Å²) in [5.41, 5.74) is 2.13. The van der Waals surface area contributed by atoms with Crippen LogP contribution in [0.2, 0.25) is 0 Å². The third kappa shape index (κ3) is 5.34. The highest BCUT2D eigenvalue weighted by Crippen LogP contribution is 2.29. The molecule has 6 rings (SSSR count). The molecular weight excluding hydrogens is 554 g/mol. The van der Waals surface area contributed by atoms with Crippen LogP contribution >= 0.6 is 0 Å². The quantitative estimate of drug-likeness (QED) is 0.225. The monoisotopic (exact) mass is 581 g/mol. The summed E-state index contributed by atoms with van der Waals surface area (Å²) in [6.07, 6.45) is 4.54. The molecule has 212 valence electrons. The van der Waals surface area contributed by atoms with E-state index in [0.717, 1.165) is 38.2 Å². The van der Waals surface area contributed by atoms with Crippen LogP contribution in [0.4, 0.5) is 5.69 Å². The minimum atomic E-state index is -4.90. The summed E-state index contributed by atoms with van der Waals surface area (Å²) < 4.78 is 41.8. The molecule has 0 saturated heterocycles. The van der Waals surface area contributed by atoms with Crippen molar-refractivity contribution in [1.29, 1.82) is 0 Å². The molecule has 0 unspecified atom stereocenters. The van der Waals surface area contributed by atoms with E-state index < -0.39 is 25.9 Å². The van der Waals surface area contributed by atoms with Gasteiger partial charge in [-0.25, -0.2) is 0 Å². The lowest BCUT2D eigenvalue weighted by Gasteiger charge is -2.17. The fourth-order valence-electron chi connectivity index (χ4n) is 5.43. The van der Waals surface area contributed by atoms with Gasteiger partial charge in [0, 0.05) is 10.8 Å². The predicted octanol–water partition coefficient (Wildman–Crippen LogP) is 4.36. The van der Waals surface area contributed by atoms with Gasteiger partial charge in [-0.2, -0.15) is 13.5 Å². The lowest BCUT2D eigenvalue weighted by molar-refractivity contribution is 0.437. The number of fused-ring (bicyclic) bond motifs is 1. The number of para-hydroxylation sites is 3. The number of ether oxygens (including phenoxy) is 1. The summed E-state index contributed by atoms with van der Waals surface area (Å²) in [4.78, 5) is 31.9. The van der Waals surface area contributed by atoms with Gasteiger partial charge in [-0.1, -0.05) is 73.9 Å². The minimum absolute atomic E-state index is 0.0222. The summed E-state index contributed by atoms with van der Waals surface area (Å²) in [6.45, 7) is 0. The first-order chi connectivity index (χ1) is 20.3. The average molecular weight is 582 g/mol. The number of rotatable bonds is 6. The van der Waals surface area contributed by atoms with Crippen molar-refractivity contribution in [2.75, 3.05) is 5.43 Å². The van der Waals surface area contributed by atoms with E-state index in [1.165, 1.54) is 6.07 Å². The SMILES string of the molecule is O=c1c2c(=NC3CCCCC3)cc(S(=O)(=O)O)c(=NNc3ccccc3Oc3ccccc3)c=2c(=O)c2ccccc12. The van der Waals surface area contributed by atoms with E-state index in [2.05, 4.69) is 10.5 Å². The largest absolute Gasteiger partial charge is 0.455 e. The molecule has 10 heteroatoms. The van der Waals surface area contributed by atoms with Crippen molar-refractivity contribution in [3.8, 4) is 11.5 Å². The molecule has 42 heavy (non-hydrogen) atoms. The Morgan fingerprint density at radius 3 is 2.10 bits per heavy atom. The maximum atomic E-state index is 13.9. The molecule has 0 amide bonds. The van der Waals surface area contributed by atoms with Gasteiger partial charge in [-0.05, 0) is 43.2 Å². The van der Waals surface area contributed by atoms with Crippen LogP contribution in [0, 0.1) is 10.4 Å². The third-order valence-electron chi connectivity index (χ3n) is 7.44. The van der Waals surface area contributed by atoms with E-state index >= 15 is 0 Å². The molecule has 1 fully saturated rings. The Morgan fingerprint density at radius 2 is 1.40 bits per heavy atom. The summed E-state index contributed by atoms with van der Waals surface area (Å²) in [6, 6.07) is 23.3. The second kappa shape index (κ2) is 11.3. The topological polar surface area (TPSA) is 134 Å². The molecule has 0 radical (unpaired) electrons. The second-order valence-electron chi connectivity index (χ2n) is 10.2. The van der Waals surface area contributed by atoms with Gasteiger partial charge in [0.15, 0.2) is 16.6 Å². The van der Waals surface area contributed by atoms with E-state index in [9.17, 15) is 22.6 Å². The molecule has 0 aromatic heterocycles. The van der Waals surface area contributed by atoms with E-state index in [1.54, 1.807) is 54.6 Å². The molecule has 0 bridgehead atoms. The Balaban J connectivity index is 1.67. The van der Waals surface area contributed by atoms with Crippen LogP contribution < -0.4 is 31.7 Å². The van der Waals surface area contributed by atoms with E-state index in [0.29, 0.717) is 17.2 Å². The molecule has 3 aliphatic rings. The smallest absolute Gasteiger partial charge is 0.296 e. The Morgan fingerprint density at radius 1 is 0.786 bits per heavy atom. The molecule has 0 aliphatic heterocycles. The van der Waals surface area contributed by atoms with Crippen LogP contribution in [0.3, 0.4) is 0 Å². The van der Waals surface area contributed by atoms with E-state index in [1.807, 2.05) is 18.2 Å². The zero-order valence-corrected chi connectivity index (χ0v) is 23.3. The Labute approximate surface area is 240 Å². The van der Waals surface area contributed by atoms with Gasteiger partial charge in [0.25, 0.3) is 10.1 Å². The number of anilines is 1. The first-order valence-corrected chi connectivity index (χ1v) is 15.1. The summed E-state index contributed by atoms with van der Waals surface area (Å²) >= 11 is 0. The lowest BCUT2D eigenvalue weighted by atomic mass is 9.96. The van der Waals surface area contributed by atoms with Crippen LogP contribution in [0.25, 0.3) is 10.8 Å². The molecule has 9 nitrogen and oxygen atoms in total. The van der Waals surface area contributed by atoms with Crippen LogP contribution in [-0.4, -0.2) is 19.0 Å². The normalized spacial score (nSPS) is 15.4. The summed E-state index contributed by atoms with van der Waals surface area (Å²) in [5.74, 6) is 0.945. The molecule has 3 aromatic carbocycles. The van der Waals surface area contributed by atoms with Crippen LogP contribution in [0.5, 0.6) is 11.5 Å². The Kier molecular flexibility index (Phi) is 7.40. The highest BCUT2D eigenvalue weighted by molar-refractivity contribution is 7.85. The molecule has 0 atom stereocenters. The Bertz CT molecular complexity index is 2200. The zero-order chi connectivity index (χ0) is 29.3. The van der Waals surface area contributed by atoms with Crippen molar-refractivity contribution in [1.82, 2.24) is 0 Å². The van der Waals surface area contributed by atoms with Gasteiger partial charge < -0.3 is 4.74 Å². The van der Waals surface area contributed by atoms with Crippen LogP contribution in [0.15, 0.2) is 110 Å². The first kappa shape index (κ1) is 27.5. The van der Waals surface area contributed by atoms with Crippen LogP contribution in [0.1, 0.15) is 32.1 Å². The fraction of sp³-hybridized carbons (Fsp3) is 0.188. The van der Waals surface area contributed by atoms with Crippen molar-refractivity contribution in [3.05, 3.63) is 127 Å². The molecular formula is C32H27N3O6S. The number of nitrogens with one attached hydrogen (secondary N) is 1. The van der Waals surface area contributed by atoms with Crippen molar-refractivity contribution >= 4 is 26.6 Å². The molecule has 0 spiro atoms. The van der Waals surface area contributed by atoms with E-state index in [4.69, 9.17) is 9.73 Å². The van der Waals surface area contributed by atoms with Crippen molar-refractivity contribution in [3.63, 3.8) is 0 Å². The van der Waals surface area contributed by atoms with Crippen molar-refractivity contribution < 1.29 is 17.7 Å². The zero-order valence-electron chi connectivity index (χ0n) is 22.5. The number of hydrogen-bond donors (Lipinski definition) is 2. The maximum Gasteiger partial charge on any atom is 0.296 e. The van der Waals surface area contributed by atoms with Gasteiger partial charge in [-0.3, -0.25) is 24.6 Å². The van der Waals surface area contributed by atoms with E-state index in [-0.39, 0.29) is 38.0 Å². The van der Waals surface area contributed by atoms with Crippen LogP contribution in [-0.2, 0) is 10.1 Å². The number of hydrogen-bond acceptors (Lipinski definition) is 8. The summed E-state index contributed by atoms with van der Waals surface area (Å²) in [7, 11) is -4.90. The molecule has 2 N–H and O–H groups in total. The maximum absolute atomic E-state index is 13.9. The lowest BCUT2D eigenvalue weighted by Crippen LogP contribution is -2.34. The average Bonchev–Trinajstić information content (AvgIpc) is 3.00. The third-order valence-corrected chi connectivity index (χ3v) is 8.30. The highest BCUT2D eigenvalue weighted by Gasteiger charge is 2.21. The predicted molar refractivity (Wildman–Crippen MR) is 159 cm³/mol. The van der Waals surface area contributed by atoms with Gasteiger partial charge in [-0.15, -0.1) is 0 Å². The van der Waals surface area contributed by atoms with Crippen molar-refractivity contribution in [2.45, 2.75) is 43.0 Å². The highest BCUT2D eigenvalue weighted by atomic mass is 32.2. The van der Waals surface area contributed by atoms with Gasteiger partial charge in [0.1, 0.15) is 16.0 Å². The molecule has 3 aromatic rings. The number of nitrogens with zero attached hydrogens (tertiary/aromatic N) is 2. The Hall–Kier alpha value is -4.67. The standard InChI is InChI=1S/C32H27N3O6S/c36-31-22-15-7-8-16-23(22)32(37)29-28(31)25(33-20-11-3-1-4-12-20)19-27(42(38,39)40)30(29)35-34-24-17-9-10-18-26(24)41-21-13-5-2-6-14-21/h2,5-10,13-20,34H,1,3-4,11-12H2,(H,38,39,40). The molecule has 3 aliphatic carbocycles. The second-order valence-corrected chi connectivity index (χ2v) is 11.6. The fourth-order valence-corrected chi connectivity index (χ4v) is 6.08. The summed E-state index contributed by atoms with van der Waals surface area (Å²) in [5, 5.41) is 4.08. The minimum Gasteiger partial charge on any atom is -0.455 e.